The SMILES string of the molecule is CSc1ccc(CNCc2ccc(C(=O)O)cc2)cc1.[Cl-]. The van der Waals surface area contributed by atoms with Crippen LogP contribution in [0.15, 0.2) is 53.4 Å². The maximum Gasteiger partial charge on any atom is 0.335 e. The van der Waals surface area contributed by atoms with Crippen molar-refractivity contribution < 1.29 is 22.3 Å². The summed E-state index contributed by atoms with van der Waals surface area (Å²) in [5.74, 6) is -0.890. The van der Waals surface area contributed by atoms with Crippen molar-refractivity contribution in [1.82, 2.24) is 5.32 Å². The van der Waals surface area contributed by atoms with E-state index in [9.17, 15) is 4.79 Å². The topological polar surface area (TPSA) is 49.3 Å². The predicted molar refractivity (Wildman–Crippen MR) is 82.2 cm³/mol. The summed E-state index contributed by atoms with van der Waals surface area (Å²) in [5, 5.41) is 12.2. The van der Waals surface area contributed by atoms with E-state index in [0.29, 0.717) is 5.56 Å². The molecule has 0 aliphatic carbocycles. The number of nitrogens with one attached hydrogen (secondary N) is 1. The molecule has 0 heterocycles. The Balaban J connectivity index is 0.00000220. The molecule has 3 nitrogen and oxygen atoms in total. The van der Waals surface area contributed by atoms with E-state index in [1.807, 2.05) is 12.1 Å². The van der Waals surface area contributed by atoms with E-state index in [1.165, 1.54) is 10.5 Å². The lowest BCUT2D eigenvalue weighted by Gasteiger charge is -2.06. The Bertz CT molecular complexity index is 570. The third kappa shape index (κ3) is 5.42. The average Bonchev–Trinajstić information content (AvgIpc) is 2.48. The first-order valence-corrected chi connectivity index (χ1v) is 7.57. The van der Waals surface area contributed by atoms with Crippen molar-refractivity contribution >= 4 is 17.7 Å². The van der Waals surface area contributed by atoms with Crippen molar-refractivity contribution in [1.29, 1.82) is 0 Å². The van der Waals surface area contributed by atoms with Crippen LogP contribution < -0.4 is 17.7 Å². The number of carboxylic acid groups (broad SMARTS) is 1. The molecular weight excluding hydrogens is 306 g/mol. The molecule has 0 unspecified atom stereocenters. The monoisotopic (exact) mass is 322 g/mol. The fourth-order valence-electron chi connectivity index (χ4n) is 1.86. The smallest absolute Gasteiger partial charge is 0.335 e. The van der Waals surface area contributed by atoms with Gasteiger partial charge in [0.15, 0.2) is 0 Å². The molecule has 2 rings (SSSR count). The van der Waals surface area contributed by atoms with Gasteiger partial charge in [-0.2, -0.15) is 0 Å². The van der Waals surface area contributed by atoms with E-state index >= 15 is 0 Å². The van der Waals surface area contributed by atoms with Crippen LogP contribution in [0.4, 0.5) is 0 Å². The second-order valence-corrected chi connectivity index (χ2v) is 5.33. The van der Waals surface area contributed by atoms with Crippen LogP contribution in [-0.4, -0.2) is 17.3 Å². The van der Waals surface area contributed by atoms with E-state index in [-0.39, 0.29) is 12.4 Å². The van der Waals surface area contributed by atoms with Gasteiger partial charge in [0.1, 0.15) is 0 Å². The average molecular weight is 323 g/mol. The van der Waals surface area contributed by atoms with E-state index in [4.69, 9.17) is 5.11 Å². The maximum atomic E-state index is 10.7. The molecule has 0 aliphatic heterocycles. The molecule has 2 N–H and O–H groups in total. The molecule has 0 amide bonds. The number of aromatic carboxylic acids is 1. The van der Waals surface area contributed by atoms with Crippen LogP contribution in [0.3, 0.4) is 0 Å². The van der Waals surface area contributed by atoms with Crippen molar-refractivity contribution in [2.75, 3.05) is 6.26 Å². The summed E-state index contributed by atoms with van der Waals surface area (Å²) in [6, 6.07) is 15.4. The number of halogens is 1. The van der Waals surface area contributed by atoms with Crippen molar-refractivity contribution in [2.24, 2.45) is 0 Å². The fourth-order valence-corrected chi connectivity index (χ4v) is 2.27. The van der Waals surface area contributed by atoms with Gasteiger partial charge in [0.05, 0.1) is 5.56 Å². The summed E-state index contributed by atoms with van der Waals surface area (Å²) < 4.78 is 0. The van der Waals surface area contributed by atoms with Gasteiger partial charge >= 0.3 is 5.97 Å². The summed E-state index contributed by atoms with van der Waals surface area (Å²) in [6.07, 6.45) is 2.06. The molecule has 0 atom stereocenters. The molecule has 2 aromatic rings. The Morgan fingerprint density at radius 2 is 1.48 bits per heavy atom. The first-order valence-electron chi connectivity index (χ1n) is 6.35. The van der Waals surface area contributed by atoms with Gasteiger partial charge in [-0.1, -0.05) is 24.3 Å². The van der Waals surface area contributed by atoms with Crippen LogP contribution in [0.1, 0.15) is 21.5 Å². The van der Waals surface area contributed by atoms with Gasteiger partial charge in [-0.05, 0) is 41.6 Å². The highest BCUT2D eigenvalue weighted by Gasteiger charge is 2.01. The summed E-state index contributed by atoms with van der Waals surface area (Å²) in [5.41, 5.74) is 2.64. The molecule has 0 aliphatic rings. The zero-order valence-electron chi connectivity index (χ0n) is 11.7. The summed E-state index contributed by atoms with van der Waals surface area (Å²) in [6.45, 7) is 1.53. The highest BCUT2D eigenvalue weighted by atomic mass is 35.5. The van der Waals surface area contributed by atoms with Gasteiger partial charge in [0, 0.05) is 18.0 Å². The van der Waals surface area contributed by atoms with Crippen molar-refractivity contribution in [3.63, 3.8) is 0 Å². The predicted octanol–water partition coefficient (Wildman–Crippen LogP) is 0.401. The third-order valence-corrected chi connectivity index (χ3v) is 3.76. The van der Waals surface area contributed by atoms with Gasteiger partial charge in [0.2, 0.25) is 0 Å². The van der Waals surface area contributed by atoms with Crippen molar-refractivity contribution in [3.8, 4) is 0 Å². The van der Waals surface area contributed by atoms with Crippen LogP contribution in [0.25, 0.3) is 0 Å². The van der Waals surface area contributed by atoms with E-state index in [0.717, 1.165) is 18.7 Å². The number of hydrogen-bond acceptors (Lipinski definition) is 3. The number of thioether (sulfide) groups is 1. The summed E-state index contributed by atoms with van der Waals surface area (Å²) in [4.78, 5) is 12.0. The second-order valence-electron chi connectivity index (χ2n) is 4.45. The zero-order valence-corrected chi connectivity index (χ0v) is 13.2. The molecule has 0 spiro atoms. The van der Waals surface area contributed by atoms with Crippen LogP contribution in [-0.2, 0) is 13.1 Å². The first kappa shape index (κ1) is 17.6. The Morgan fingerprint density at radius 1 is 1.00 bits per heavy atom. The number of benzene rings is 2. The Kier molecular flexibility index (Phi) is 7.29. The number of carboxylic acids is 1. The van der Waals surface area contributed by atoms with Gasteiger partial charge in [-0.25, -0.2) is 4.79 Å². The summed E-state index contributed by atoms with van der Waals surface area (Å²) >= 11 is 1.73. The Labute approximate surface area is 135 Å². The van der Waals surface area contributed by atoms with E-state index in [2.05, 4.69) is 35.8 Å². The molecule has 0 bridgehead atoms. The minimum Gasteiger partial charge on any atom is -1.00 e. The maximum absolute atomic E-state index is 10.7. The standard InChI is InChI=1S/C16H17NO2S.ClH/c1-20-15-8-4-13(5-9-15)11-17-10-12-2-6-14(7-3-12)16(18)19;/h2-9,17H,10-11H2,1H3,(H,18,19);1H/p-1. The molecule has 0 saturated heterocycles. The number of rotatable bonds is 6. The van der Waals surface area contributed by atoms with Gasteiger partial charge in [0.25, 0.3) is 0 Å². The molecule has 112 valence electrons. The molecular formula is C16H17ClNO2S-. The van der Waals surface area contributed by atoms with Gasteiger partial charge in [-0.3, -0.25) is 0 Å². The second kappa shape index (κ2) is 8.72. The molecule has 21 heavy (non-hydrogen) atoms. The Hall–Kier alpha value is -1.49. The molecule has 0 aromatic heterocycles. The van der Waals surface area contributed by atoms with Crippen LogP contribution in [0, 0.1) is 0 Å². The van der Waals surface area contributed by atoms with Crippen LogP contribution >= 0.6 is 11.8 Å². The van der Waals surface area contributed by atoms with Crippen molar-refractivity contribution in [3.05, 3.63) is 65.2 Å². The lowest BCUT2D eigenvalue weighted by molar-refractivity contribution is -0.0000196. The van der Waals surface area contributed by atoms with E-state index in [1.54, 1.807) is 23.9 Å². The van der Waals surface area contributed by atoms with Gasteiger partial charge in [-0.15, -0.1) is 11.8 Å². The lowest BCUT2D eigenvalue weighted by Crippen LogP contribution is -3.00. The molecule has 5 heteroatoms. The molecule has 2 aromatic carbocycles. The zero-order chi connectivity index (χ0) is 14.4. The minimum absolute atomic E-state index is 0. The molecule has 0 saturated carbocycles. The number of hydrogen-bond donors (Lipinski definition) is 2. The highest BCUT2D eigenvalue weighted by molar-refractivity contribution is 7.98. The fraction of sp³-hybridized carbons (Fsp3) is 0.188. The van der Waals surface area contributed by atoms with Crippen LogP contribution in [0.2, 0.25) is 0 Å². The third-order valence-electron chi connectivity index (χ3n) is 3.02. The normalized spacial score (nSPS) is 9.95. The van der Waals surface area contributed by atoms with Crippen LogP contribution in [0.5, 0.6) is 0 Å². The first-order chi connectivity index (χ1) is 9.69. The lowest BCUT2D eigenvalue weighted by atomic mass is 10.1. The summed E-state index contributed by atoms with van der Waals surface area (Å²) in [7, 11) is 0. The Morgan fingerprint density at radius 3 is 1.90 bits per heavy atom. The van der Waals surface area contributed by atoms with Crippen molar-refractivity contribution in [2.45, 2.75) is 18.0 Å². The van der Waals surface area contributed by atoms with Gasteiger partial charge < -0.3 is 22.8 Å². The largest absolute Gasteiger partial charge is 1.00 e. The molecule has 0 radical (unpaired) electrons. The number of carbonyl (C=O) groups is 1. The highest BCUT2D eigenvalue weighted by Crippen LogP contribution is 2.14. The minimum atomic E-state index is -0.890. The van der Waals surface area contributed by atoms with E-state index < -0.39 is 5.97 Å². The quantitative estimate of drug-likeness (QED) is 0.756. The molecule has 0 fully saturated rings.